The van der Waals surface area contributed by atoms with E-state index in [4.69, 9.17) is 4.74 Å². The predicted octanol–water partition coefficient (Wildman–Crippen LogP) is 2.73. The highest BCUT2D eigenvalue weighted by atomic mass is 16.5. The largest absolute Gasteiger partial charge is 0.494 e. The molecule has 16 heavy (non-hydrogen) atoms. The lowest BCUT2D eigenvalue weighted by Gasteiger charge is -2.16. The van der Waals surface area contributed by atoms with E-state index in [1.54, 1.807) is 0 Å². The van der Waals surface area contributed by atoms with Crippen LogP contribution in [0.1, 0.15) is 32.3 Å². The molecule has 1 saturated carbocycles. The van der Waals surface area contributed by atoms with Gasteiger partial charge in [-0.1, -0.05) is 19.1 Å². The average molecular weight is 219 g/mol. The minimum absolute atomic E-state index is 0.417. The van der Waals surface area contributed by atoms with E-state index in [9.17, 15) is 0 Å². The minimum Gasteiger partial charge on any atom is -0.494 e. The second-order valence-corrected chi connectivity index (χ2v) is 4.52. The number of benzene rings is 1. The summed E-state index contributed by atoms with van der Waals surface area (Å²) < 4.78 is 5.46. The van der Waals surface area contributed by atoms with E-state index < -0.39 is 0 Å². The topological polar surface area (TPSA) is 21.3 Å². The van der Waals surface area contributed by atoms with E-state index in [0.717, 1.165) is 25.4 Å². The number of nitrogens with one attached hydrogen (secondary N) is 1. The first-order valence-corrected chi connectivity index (χ1v) is 6.25. The fourth-order valence-corrected chi connectivity index (χ4v) is 2.15. The molecule has 0 unspecified atom stereocenters. The smallest absolute Gasteiger partial charge is 0.119 e. The number of ether oxygens (including phenoxy) is 1. The Labute approximate surface area is 98.0 Å². The summed E-state index contributed by atoms with van der Waals surface area (Å²) >= 11 is 0. The summed E-state index contributed by atoms with van der Waals surface area (Å²) in [4.78, 5) is 0. The second-order valence-electron chi connectivity index (χ2n) is 4.52. The van der Waals surface area contributed by atoms with Gasteiger partial charge in [0.05, 0.1) is 6.61 Å². The van der Waals surface area contributed by atoms with Crippen LogP contribution in [0.25, 0.3) is 0 Å². The molecule has 0 radical (unpaired) electrons. The van der Waals surface area contributed by atoms with Crippen LogP contribution in [0.2, 0.25) is 0 Å². The van der Waals surface area contributed by atoms with E-state index in [0.29, 0.717) is 5.41 Å². The van der Waals surface area contributed by atoms with Crippen LogP contribution < -0.4 is 10.1 Å². The fourth-order valence-electron chi connectivity index (χ4n) is 2.15. The Balaban J connectivity index is 2.03. The van der Waals surface area contributed by atoms with Gasteiger partial charge in [-0.3, -0.25) is 0 Å². The molecule has 2 nitrogen and oxygen atoms in total. The molecule has 0 bridgehead atoms. The first kappa shape index (κ1) is 11.5. The van der Waals surface area contributed by atoms with Gasteiger partial charge < -0.3 is 10.1 Å². The Morgan fingerprint density at radius 2 is 1.88 bits per heavy atom. The van der Waals surface area contributed by atoms with Gasteiger partial charge in [0, 0.05) is 12.0 Å². The number of likely N-dealkylation sites (N-methyl/N-ethyl adjacent to an activating group) is 1. The van der Waals surface area contributed by atoms with Crippen molar-refractivity contribution in [3.8, 4) is 5.75 Å². The summed E-state index contributed by atoms with van der Waals surface area (Å²) in [6.07, 6.45) is 2.63. The molecule has 0 spiro atoms. The Bertz CT molecular complexity index is 327. The summed E-state index contributed by atoms with van der Waals surface area (Å²) in [6, 6.07) is 8.61. The van der Waals surface area contributed by atoms with E-state index in [1.807, 2.05) is 6.92 Å². The molecule has 1 aliphatic carbocycles. The Morgan fingerprint density at radius 3 is 2.38 bits per heavy atom. The van der Waals surface area contributed by atoms with Crippen LogP contribution in [0.4, 0.5) is 0 Å². The maximum Gasteiger partial charge on any atom is 0.119 e. The van der Waals surface area contributed by atoms with Crippen LogP contribution in [0.3, 0.4) is 0 Å². The van der Waals surface area contributed by atoms with Gasteiger partial charge in [0.2, 0.25) is 0 Å². The lowest BCUT2D eigenvalue weighted by atomic mass is 9.96. The molecular formula is C14H21NO. The predicted molar refractivity (Wildman–Crippen MR) is 67.1 cm³/mol. The summed E-state index contributed by atoms with van der Waals surface area (Å²) in [6.45, 7) is 7.08. The Hall–Kier alpha value is -1.02. The minimum atomic E-state index is 0.417. The van der Waals surface area contributed by atoms with Gasteiger partial charge in [0.25, 0.3) is 0 Å². The van der Waals surface area contributed by atoms with Crippen molar-refractivity contribution in [3.05, 3.63) is 29.8 Å². The van der Waals surface area contributed by atoms with Gasteiger partial charge in [-0.25, -0.2) is 0 Å². The van der Waals surface area contributed by atoms with Crippen molar-refractivity contribution < 1.29 is 4.74 Å². The summed E-state index contributed by atoms with van der Waals surface area (Å²) in [5, 5.41) is 3.46. The van der Waals surface area contributed by atoms with E-state index in [1.165, 1.54) is 18.4 Å². The third-order valence-electron chi connectivity index (χ3n) is 3.34. The van der Waals surface area contributed by atoms with Crippen LogP contribution in [-0.2, 0) is 5.41 Å². The summed E-state index contributed by atoms with van der Waals surface area (Å²) in [5.41, 5.74) is 1.87. The number of rotatable bonds is 6. The third-order valence-corrected chi connectivity index (χ3v) is 3.34. The fraction of sp³-hybridized carbons (Fsp3) is 0.571. The summed E-state index contributed by atoms with van der Waals surface area (Å²) in [5.74, 6) is 0.977. The molecule has 0 atom stereocenters. The van der Waals surface area contributed by atoms with E-state index in [2.05, 4.69) is 36.5 Å². The van der Waals surface area contributed by atoms with Crippen molar-refractivity contribution in [2.75, 3.05) is 19.7 Å². The van der Waals surface area contributed by atoms with Crippen molar-refractivity contribution in [3.63, 3.8) is 0 Å². The zero-order chi connectivity index (χ0) is 11.4. The molecule has 0 aliphatic heterocycles. The van der Waals surface area contributed by atoms with Gasteiger partial charge in [0.15, 0.2) is 0 Å². The molecule has 2 heteroatoms. The third kappa shape index (κ3) is 2.38. The molecule has 1 N–H and O–H groups in total. The monoisotopic (exact) mass is 219 g/mol. The normalized spacial score (nSPS) is 17.1. The molecule has 88 valence electrons. The van der Waals surface area contributed by atoms with Gasteiger partial charge >= 0.3 is 0 Å². The summed E-state index contributed by atoms with van der Waals surface area (Å²) in [7, 11) is 0. The van der Waals surface area contributed by atoms with Crippen LogP contribution in [0.15, 0.2) is 24.3 Å². The Morgan fingerprint density at radius 1 is 1.19 bits per heavy atom. The van der Waals surface area contributed by atoms with Crippen molar-refractivity contribution >= 4 is 0 Å². The highest BCUT2D eigenvalue weighted by Crippen LogP contribution is 2.47. The zero-order valence-corrected chi connectivity index (χ0v) is 10.3. The van der Waals surface area contributed by atoms with Crippen LogP contribution in [0.5, 0.6) is 5.75 Å². The molecule has 0 saturated heterocycles. The van der Waals surface area contributed by atoms with Crippen molar-refractivity contribution in [1.29, 1.82) is 0 Å². The lowest BCUT2D eigenvalue weighted by molar-refractivity contribution is 0.340. The van der Waals surface area contributed by atoms with Crippen molar-refractivity contribution in [1.82, 2.24) is 5.32 Å². The van der Waals surface area contributed by atoms with Gasteiger partial charge in [0.1, 0.15) is 5.75 Å². The first-order chi connectivity index (χ1) is 7.80. The van der Waals surface area contributed by atoms with Gasteiger partial charge in [-0.15, -0.1) is 0 Å². The maximum absolute atomic E-state index is 5.46. The van der Waals surface area contributed by atoms with Gasteiger partial charge in [-0.05, 0) is 44.0 Å². The van der Waals surface area contributed by atoms with Crippen LogP contribution >= 0.6 is 0 Å². The Kier molecular flexibility index (Phi) is 3.49. The molecule has 0 aromatic heterocycles. The first-order valence-electron chi connectivity index (χ1n) is 6.25. The molecular weight excluding hydrogens is 198 g/mol. The standard InChI is InChI=1S/C14H21NO/c1-3-15-11-14(9-10-14)12-5-7-13(8-6-12)16-4-2/h5-8,15H,3-4,9-11H2,1-2H3. The molecule has 1 aromatic rings. The average Bonchev–Trinajstić information content (AvgIpc) is 3.09. The second kappa shape index (κ2) is 4.88. The number of hydrogen-bond acceptors (Lipinski definition) is 2. The highest BCUT2D eigenvalue weighted by molar-refractivity contribution is 5.36. The lowest BCUT2D eigenvalue weighted by Crippen LogP contribution is -2.26. The molecule has 1 aliphatic rings. The zero-order valence-electron chi connectivity index (χ0n) is 10.3. The number of hydrogen-bond donors (Lipinski definition) is 1. The van der Waals surface area contributed by atoms with Crippen molar-refractivity contribution in [2.24, 2.45) is 0 Å². The highest BCUT2D eigenvalue weighted by Gasteiger charge is 2.43. The van der Waals surface area contributed by atoms with Crippen LogP contribution in [-0.4, -0.2) is 19.7 Å². The molecule has 0 amide bonds. The molecule has 1 fully saturated rings. The SMILES string of the molecule is CCNCC1(c2ccc(OCC)cc2)CC1. The van der Waals surface area contributed by atoms with Gasteiger partial charge in [-0.2, -0.15) is 0 Å². The van der Waals surface area contributed by atoms with Crippen molar-refractivity contribution in [2.45, 2.75) is 32.1 Å². The molecule has 1 aromatic carbocycles. The van der Waals surface area contributed by atoms with E-state index in [-0.39, 0.29) is 0 Å². The molecule has 2 rings (SSSR count). The molecule has 0 heterocycles. The van der Waals surface area contributed by atoms with E-state index >= 15 is 0 Å². The quantitative estimate of drug-likeness (QED) is 0.794. The maximum atomic E-state index is 5.46. The van der Waals surface area contributed by atoms with Crippen LogP contribution in [0, 0.1) is 0 Å².